The number of carbonyl (C=O) groups excluding carboxylic acids is 2. The summed E-state index contributed by atoms with van der Waals surface area (Å²) in [6.07, 6.45) is 0.169. The van der Waals surface area contributed by atoms with Gasteiger partial charge in [0, 0.05) is 18.8 Å². The smallest absolute Gasteiger partial charge is 0.322 e. The molecular formula is C20H24N2O3. The van der Waals surface area contributed by atoms with Gasteiger partial charge in [0.15, 0.2) is 0 Å². The summed E-state index contributed by atoms with van der Waals surface area (Å²) in [7, 11) is 0. The number of rotatable bonds is 7. The first kappa shape index (κ1) is 18.5. The number of hydrogen-bond donors (Lipinski definition) is 1. The third-order valence-electron chi connectivity index (χ3n) is 3.70. The van der Waals surface area contributed by atoms with Crippen LogP contribution in [0.1, 0.15) is 24.5 Å². The van der Waals surface area contributed by atoms with E-state index in [2.05, 4.69) is 5.32 Å². The number of nitrogens with zero attached hydrogens (tertiary/aromatic N) is 1. The van der Waals surface area contributed by atoms with Gasteiger partial charge < -0.3 is 15.0 Å². The zero-order chi connectivity index (χ0) is 18.1. The highest BCUT2D eigenvalue weighted by Gasteiger charge is 2.16. The Morgan fingerprint density at radius 1 is 1.04 bits per heavy atom. The SMILES string of the molecule is CCOC(=O)CCN(Cc1ccc(C)cc1)C(=O)Nc1ccccc1. The van der Waals surface area contributed by atoms with Crippen molar-refractivity contribution in [1.82, 2.24) is 4.90 Å². The number of para-hydroxylation sites is 1. The molecule has 0 spiro atoms. The van der Waals surface area contributed by atoms with Crippen molar-refractivity contribution in [2.24, 2.45) is 0 Å². The molecule has 0 radical (unpaired) electrons. The molecule has 0 unspecified atom stereocenters. The maximum Gasteiger partial charge on any atom is 0.322 e. The molecule has 0 aliphatic rings. The molecule has 1 N–H and O–H groups in total. The van der Waals surface area contributed by atoms with Crippen molar-refractivity contribution in [2.75, 3.05) is 18.5 Å². The first-order valence-corrected chi connectivity index (χ1v) is 8.40. The van der Waals surface area contributed by atoms with Crippen LogP contribution in [0.25, 0.3) is 0 Å². The molecule has 0 fully saturated rings. The van der Waals surface area contributed by atoms with Crippen molar-refractivity contribution >= 4 is 17.7 Å². The minimum atomic E-state index is -0.302. The molecule has 0 heterocycles. The number of amides is 2. The van der Waals surface area contributed by atoms with E-state index in [0.29, 0.717) is 19.7 Å². The molecule has 0 aliphatic heterocycles. The molecule has 0 bridgehead atoms. The van der Waals surface area contributed by atoms with Crippen LogP contribution < -0.4 is 5.32 Å². The van der Waals surface area contributed by atoms with Crippen molar-refractivity contribution < 1.29 is 14.3 Å². The summed E-state index contributed by atoms with van der Waals surface area (Å²) < 4.78 is 4.96. The largest absolute Gasteiger partial charge is 0.466 e. The first-order valence-electron chi connectivity index (χ1n) is 8.40. The Balaban J connectivity index is 2.05. The number of urea groups is 1. The Labute approximate surface area is 148 Å². The third-order valence-corrected chi connectivity index (χ3v) is 3.70. The number of nitrogens with one attached hydrogen (secondary N) is 1. The Morgan fingerprint density at radius 3 is 2.36 bits per heavy atom. The number of esters is 1. The second kappa shape index (κ2) is 9.47. The van der Waals surface area contributed by atoms with Crippen molar-refractivity contribution in [2.45, 2.75) is 26.8 Å². The van der Waals surface area contributed by atoms with Crippen molar-refractivity contribution in [3.05, 3.63) is 65.7 Å². The first-order chi connectivity index (χ1) is 12.1. The Hall–Kier alpha value is -2.82. The summed E-state index contributed by atoms with van der Waals surface area (Å²) in [5.41, 5.74) is 2.89. The lowest BCUT2D eigenvalue weighted by Gasteiger charge is -2.23. The lowest BCUT2D eigenvalue weighted by molar-refractivity contribution is -0.143. The van der Waals surface area contributed by atoms with Gasteiger partial charge in [-0.1, -0.05) is 48.0 Å². The fraction of sp³-hybridized carbons (Fsp3) is 0.300. The van der Waals surface area contributed by atoms with Crippen LogP contribution in [0.5, 0.6) is 0 Å². The molecule has 0 saturated heterocycles. The van der Waals surface area contributed by atoms with E-state index in [4.69, 9.17) is 4.74 Å². The number of ether oxygens (including phenoxy) is 1. The van der Waals surface area contributed by atoms with Crippen molar-refractivity contribution in [1.29, 1.82) is 0 Å². The zero-order valence-corrected chi connectivity index (χ0v) is 14.7. The van der Waals surface area contributed by atoms with E-state index in [0.717, 1.165) is 16.8 Å². The molecule has 0 aliphatic carbocycles. The second-order valence-electron chi connectivity index (χ2n) is 5.76. The topological polar surface area (TPSA) is 58.6 Å². The quantitative estimate of drug-likeness (QED) is 0.776. The number of hydrogen-bond acceptors (Lipinski definition) is 3. The average molecular weight is 340 g/mol. The highest BCUT2D eigenvalue weighted by molar-refractivity contribution is 5.89. The van der Waals surface area contributed by atoms with Gasteiger partial charge in [-0.2, -0.15) is 0 Å². The molecule has 2 aromatic carbocycles. The standard InChI is InChI=1S/C20H24N2O3/c1-3-25-19(23)13-14-22(15-17-11-9-16(2)10-12-17)20(24)21-18-7-5-4-6-8-18/h4-12H,3,13-15H2,1-2H3,(H,21,24). The van der Waals surface area contributed by atoms with Gasteiger partial charge in [0.25, 0.3) is 0 Å². The van der Waals surface area contributed by atoms with Gasteiger partial charge in [0.1, 0.15) is 0 Å². The predicted octanol–water partition coefficient (Wildman–Crippen LogP) is 3.98. The minimum Gasteiger partial charge on any atom is -0.466 e. The third kappa shape index (κ3) is 6.30. The maximum atomic E-state index is 12.6. The lowest BCUT2D eigenvalue weighted by atomic mass is 10.1. The van der Waals surface area contributed by atoms with E-state index in [1.54, 1.807) is 11.8 Å². The second-order valence-corrected chi connectivity index (χ2v) is 5.76. The molecule has 2 aromatic rings. The summed E-state index contributed by atoms with van der Waals surface area (Å²) in [6, 6.07) is 17.0. The molecule has 5 nitrogen and oxygen atoms in total. The molecule has 0 saturated carbocycles. The fourth-order valence-corrected chi connectivity index (χ4v) is 2.35. The molecule has 2 amide bonds. The molecule has 25 heavy (non-hydrogen) atoms. The molecule has 2 rings (SSSR count). The van der Waals surface area contributed by atoms with Gasteiger partial charge in [0.2, 0.25) is 0 Å². The Bertz CT molecular complexity index is 684. The van der Waals surface area contributed by atoms with Crippen LogP contribution in [0.4, 0.5) is 10.5 Å². The lowest BCUT2D eigenvalue weighted by Crippen LogP contribution is -2.36. The molecule has 5 heteroatoms. The maximum absolute atomic E-state index is 12.6. The molecular weight excluding hydrogens is 316 g/mol. The summed E-state index contributed by atoms with van der Waals surface area (Å²) >= 11 is 0. The van der Waals surface area contributed by atoms with Crippen LogP contribution in [0, 0.1) is 6.92 Å². The van der Waals surface area contributed by atoms with E-state index in [9.17, 15) is 9.59 Å². The monoisotopic (exact) mass is 340 g/mol. The van der Waals surface area contributed by atoms with Crippen LogP contribution in [-0.4, -0.2) is 30.1 Å². The van der Waals surface area contributed by atoms with E-state index in [1.165, 1.54) is 0 Å². The number of anilines is 1. The van der Waals surface area contributed by atoms with Crippen molar-refractivity contribution in [3.63, 3.8) is 0 Å². The van der Waals surface area contributed by atoms with Crippen LogP contribution in [-0.2, 0) is 16.1 Å². The molecule has 0 atom stereocenters. The fourth-order valence-electron chi connectivity index (χ4n) is 2.35. The highest BCUT2D eigenvalue weighted by Crippen LogP contribution is 2.11. The van der Waals surface area contributed by atoms with Gasteiger partial charge in [-0.15, -0.1) is 0 Å². The zero-order valence-electron chi connectivity index (χ0n) is 14.7. The van der Waals surface area contributed by atoms with Gasteiger partial charge in [-0.25, -0.2) is 4.79 Å². The normalized spacial score (nSPS) is 10.2. The van der Waals surface area contributed by atoms with Gasteiger partial charge in [0.05, 0.1) is 13.0 Å². The minimum absolute atomic E-state index is 0.169. The van der Waals surface area contributed by atoms with Crippen molar-refractivity contribution in [3.8, 4) is 0 Å². The van der Waals surface area contributed by atoms with E-state index < -0.39 is 0 Å². The summed E-state index contributed by atoms with van der Waals surface area (Å²) in [5.74, 6) is -0.302. The van der Waals surface area contributed by atoms with Crippen LogP contribution in [0.2, 0.25) is 0 Å². The van der Waals surface area contributed by atoms with Crippen LogP contribution in [0.3, 0.4) is 0 Å². The van der Waals surface area contributed by atoms with Gasteiger partial charge in [-0.05, 0) is 31.5 Å². The number of carbonyl (C=O) groups is 2. The van der Waals surface area contributed by atoms with Crippen LogP contribution >= 0.6 is 0 Å². The summed E-state index contributed by atoms with van der Waals surface area (Å²) in [5, 5.41) is 2.86. The Morgan fingerprint density at radius 2 is 1.72 bits per heavy atom. The van der Waals surface area contributed by atoms with E-state index >= 15 is 0 Å². The molecule has 132 valence electrons. The Kier molecular flexibility index (Phi) is 7.01. The van der Waals surface area contributed by atoms with Crippen LogP contribution in [0.15, 0.2) is 54.6 Å². The van der Waals surface area contributed by atoms with E-state index in [-0.39, 0.29) is 18.4 Å². The summed E-state index contributed by atoms with van der Waals surface area (Å²) in [6.45, 7) is 4.85. The van der Waals surface area contributed by atoms with Gasteiger partial charge >= 0.3 is 12.0 Å². The number of benzene rings is 2. The predicted molar refractivity (Wildman–Crippen MR) is 98.3 cm³/mol. The average Bonchev–Trinajstić information content (AvgIpc) is 2.61. The summed E-state index contributed by atoms with van der Waals surface area (Å²) in [4.78, 5) is 25.9. The molecule has 0 aromatic heterocycles. The van der Waals surface area contributed by atoms with E-state index in [1.807, 2.05) is 61.5 Å². The highest BCUT2D eigenvalue weighted by atomic mass is 16.5. The van der Waals surface area contributed by atoms with Gasteiger partial charge in [-0.3, -0.25) is 4.79 Å². The number of aryl methyl sites for hydroxylation is 1.